The Morgan fingerprint density at radius 2 is 2.05 bits per heavy atom. The number of carbonyl (C=O) groups is 1. The summed E-state index contributed by atoms with van der Waals surface area (Å²) in [6.07, 6.45) is 0.756. The van der Waals surface area contributed by atoms with Gasteiger partial charge in [0.25, 0.3) is 0 Å². The highest BCUT2D eigenvalue weighted by atomic mass is 35.5. The number of benzene rings is 1. The Morgan fingerprint density at radius 3 is 2.58 bits per heavy atom. The van der Waals surface area contributed by atoms with Crippen LogP contribution in [-0.2, 0) is 13.0 Å². The molecule has 0 aliphatic rings. The van der Waals surface area contributed by atoms with Gasteiger partial charge < -0.3 is 4.74 Å². The zero-order chi connectivity index (χ0) is 13.8. The third-order valence-corrected chi connectivity index (χ3v) is 4.00. The molecule has 0 aliphatic heterocycles. The van der Waals surface area contributed by atoms with E-state index in [-0.39, 0.29) is 5.78 Å². The molecule has 0 amide bonds. The van der Waals surface area contributed by atoms with Crippen molar-refractivity contribution in [1.82, 2.24) is 4.98 Å². The fourth-order valence-electron chi connectivity index (χ4n) is 1.65. The van der Waals surface area contributed by atoms with E-state index in [1.807, 2.05) is 19.1 Å². The summed E-state index contributed by atoms with van der Waals surface area (Å²) < 4.78 is 5.62. The summed E-state index contributed by atoms with van der Waals surface area (Å²) >= 11 is 7.21. The SMILES string of the molecule is CCc1nc(COc2ccc(Cl)cc2)sc1C(C)=O. The molecule has 0 spiro atoms. The Hall–Kier alpha value is -1.39. The van der Waals surface area contributed by atoms with Crippen LogP contribution in [0.3, 0.4) is 0 Å². The Kier molecular flexibility index (Phi) is 4.56. The van der Waals surface area contributed by atoms with Crippen molar-refractivity contribution < 1.29 is 9.53 Å². The van der Waals surface area contributed by atoms with Gasteiger partial charge in [-0.1, -0.05) is 18.5 Å². The topological polar surface area (TPSA) is 39.2 Å². The predicted octanol–water partition coefficient (Wildman–Crippen LogP) is 4.14. The van der Waals surface area contributed by atoms with E-state index in [4.69, 9.17) is 16.3 Å². The third kappa shape index (κ3) is 3.55. The maximum Gasteiger partial charge on any atom is 0.171 e. The molecule has 0 N–H and O–H groups in total. The number of halogens is 1. The lowest BCUT2D eigenvalue weighted by Gasteiger charge is -2.03. The number of nitrogens with zero attached hydrogens (tertiary/aromatic N) is 1. The van der Waals surface area contributed by atoms with Gasteiger partial charge in [0.1, 0.15) is 17.4 Å². The summed E-state index contributed by atoms with van der Waals surface area (Å²) in [6, 6.07) is 7.17. The molecule has 1 aromatic carbocycles. The first-order valence-corrected chi connectivity index (χ1v) is 7.17. The lowest BCUT2D eigenvalue weighted by atomic mass is 10.2. The maximum atomic E-state index is 11.5. The van der Waals surface area contributed by atoms with Gasteiger partial charge in [-0.3, -0.25) is 4.79 Å². The van der Waals surface area contributed by atoms with Gasteiger partial charge in [0.15, 0.2) is 5.78 Å². The Morgan fingerprint density at radius 1 is 1.37 bits per heavy atom. The molecule has 0 radical (unpaired) electrons. The lowest BCUT2D eigenvalue weighted by Crippen LogP contribution is -1.95. The highest BCUT2D eigenvalue weighted by molar-refractivity contribution is 7.13. The van der Waals surface area contributed by atoms with E-state index in [0.29, 0.717) is 11.6 Å². The van der Waals surface area contributed by atoms with Gasteiger partial charge in [0.05, 0.1) is 10.6 Å². The molecule has 0 unspecified atom stereocenters. The summed E-state index contributed by atoms with van der Waals surface area (Å²) in [5.41, 5.74) is 0.854. The van der Waals surface area contributed by atoms with Gasteiger partial charge in [-0.25, -0.2) is 4.98 Å². The van der Waals surface area contributed by atoms with Crippen LogP contribution in [0, 0.1) is 0 Å². The highest BCUT2D eigenvalue weighted by Gasteiger charge is 2.13. The van der Waals surface area contributed by atoms with E-state index in [2.05, 4.69) is 4.98 Å². The molecule has 1 aromatic heterocycles. The molecule has 5 heteroatoms. The Bertz CT molecular complexity index is 578. The average Bonchev–Trinajstić information content (AvgIpc) is 2.81. The predicted molar refractivity (Wildman–Crippen MR) is 77.3 cm³/mol. The van der Waals surface area contributed by atoms with Crippen LogP contribution in [0.2, 0.25) is 5.02 Å². The average molecular weight is 296 g/mol. The minimum absolute atomic E-state index is 0.0621. The molecule has 3 nitrogen and oxygen atoms in total. The molecular formula is C14H14ClNO2S. The summed E-state index contributed by atoms with van der Waals surface area (Å²) in [5, 5.41) is 1.49. The van der Waals surface area contributed by atoms with Crippen molar-refractivity contribution in [1.29, 1.82) is 0 Å². The number of aryl methyl sites for hydroxylation is 1. The molecule has 1 heterocycles. The van der Waals surface area contributed by atoms with Crippen molar-refractivity contribution in [3.8, 4) is 5.75 Å². The van der Waals surface area contributed by atoms with Gasteiger partial charge in [0, 0.05) is 11.9 Å². The Labute approximate surface area is 121 Å². The molecule has 0 saturated heterocycles. The van der Waals surface area contributed by atoms with Crippen molar-refractivity contribution in [2.75, 3.05) is 0 Å². The molecule has 0 saturated carbocycles. The monoisotopic (exact) mass is 295 g/mol. The number of hydrogen-bond donors (Lipinski definition) is 0. The molecule has 0 fully saturated rings. The first kappa shape index (κ1) is 14.0. The second kappa shape index (κ2) is 6.17. The third-order valence-electron chi connectivity index (χ3n) is 2.57. The van der Waals surface area contributed by atoms with Crippen LogP contribution in [0.4, 0.5) is 0 Å². The first-order valence-electron chi connectivity index (χ1n) is 5.98. The van der Waals surface area contributed by atoms with Crippen LogP contribution < -0.4 is 4.74 Å². The summed E-state index contributed by atoms with van der Waals surface area (Å²) in [7, 11) is 0. The van der Waals surface area contributed by atoms with E-state index in [0.717, 1.165) is 27.7 Å². The second-order valence-corrected chi connectivity index (χ2v) is 5.56. The van der Waals surface area contributed by atoms with Crippen molar-refractivity contribution in [3.63, 3.8) is 0 Å². The number of hydrogen-bond acceptors (Lipinski definition) is 4. The standard InChI is InChI=1S/C14H14ClNO2S/c1-3-12-14(9(2)17)19-13(16-12)8-18-11-6-4-10(15)5-7-11/h4-7H,3,8H2,1-2H3. The molecule has 0 bridgehead atoms. The van der Waals surface area contributed by atoms with Crippen LogP contribution in [0.15, 0.2) is 24.3 Å². The molecule has 2 rings (SSSR count). The fourth-order valence-corrected chi connectivity index (χ4v) is 2.74. The highest BCUT2D eigenvalue weighted by Crippen LogP contribution is 2.22. The number of ether oxygens (including phenoxy) is 1. The molecule has 19 heavy (non-hydrogen) atoms. The minimum atomic E-state index is 0.0621. The van der Waals surface area contributed by atoms with Gasteiger partial charge in [-0.05, 0) is 30.7 Å². The van der Waals surface area contributed by atoms with Crippen molar-refractivity contribution in [3.05, 3.63) is 44.9 Å². The van der Waals surface area contributed by atoms with Crippen molar-refractivity contribution in [2.24, 2.45) is 0 Å². The fraction of sp³-hybridized carbons (Fsp3) is 0.286. The Balaban J connectivity index is 2.07. The quantitative estimate of drug-likeness (QED) is 0.778. The number of aromatic nitrogens is 1. The largest absolute Gasteiger partial charge is 0.486 e. The number of thiazole rings is 1. The van der Waals surface area contributed by atoms with Gasteiger partial charge >= 0.3 is 0 Å². The zero-order valence-electron chi connectivity index (χ0n) is 10.8. The van der Waals surface area contributed by atoms with Crippen LogP contribution in [-0.4, -0.2) is 10.8 Å². The number of carbonyl (C=O) groups excluding carboxylic acids is 1. The number of rotatable bonds is 5. The number of ketones is 1. The normalized spacial score (nSPS) is 10.5. The van der Waals surface area contributed by atoms with E-state index >= 15 is 0 Å². The lowest BCUT2D eigenvalue weighted by molar-refractivity contribution is 0.102. The van der Waals surface area contributed by atoms with Gasteiger partial charge in [-0.2, -0.15) is 0 Å². The van der Waals surface area contributed by atoms with E-state index < -0.39 is 0 Å². The minimum Gasteiger partial charge on any atom is -0.486 e. The molecule has 0 atom stereocenters. The van der Waals surface area contributed by atoms with E-state index in [1.165, 1.54) is 11.3 Å². The van der Waals surface area contributed by atoms with Crippen LogP contribution in [0.1, 0.15) is 34.2 Å². The summed E-state index contributed by atoms with van der Waals surface area (Å²) in [6.45, 7) is 3.93. The van der Waals surface area contributed by atoms with Crippen molar-refractivity contribution >= 4 is 28.7 Å². The van der Waals surface area contributed by atoms with Crippen LogP contribution in [0.5, 0.6) is 5.75 Å². The molecule has 0 aliphatic carbocycles. The molecular weight excluding hydrogens is 282 g/mol. The van der Waals surface area contributed by atoms with Crippen LogP contribution in [0.25, 0.3) is 0 Å². The number of Topliss-reactive ketones (excluding diaryl/α,β-unsaturated/α-hetero) is 1. The molecule has 100 valence electrons. The van der Waals surface area contributed by atoms with Gasteiger partial charge in [-0.15, -0.1) is 11.3 Å². The summed E-state index contributed by atoms with van der Waals surface area (Å²) in [5.74, 6) is 0.800. The van der Waals surface area contributed by atoms with Gasteiger partial charge in [0.2, 0.25) is 0 Å². The van der Waals surface area contributed by atoms with E-state index in [9.17, 15) is 4.79 Å². The maximum absolute atomic E-state index is 11.5. The second-order valence-electron chi connectivity index (χ2n) is 4.04. The van der Waals surface area contributed by atoms with Crippen molar-refractivity contribution in [2.45, 2.75) is 26.9 Å². The smallest absolute Gasteiger partial charge is 0.171 e. The molecule has 2 aromatic rings. The van der Waals surface area contributed by atoms with Crippen LogP contribution >= 0.6 is 22.9 Å². The summed E-state index contributed by atoms with van der Waals surface area (Å²) in [4.78, 5) is 16.6. The first-order chi connectivity index (χ1) is 9.10. The van der Waals surface area contributed by atoms with E-state index in [1.54, 1.807) is 19.1 Å². The zero-order valence-corrected chi connectivity index (χ0v) is 12.3.